The molecular weight excluding hydrogens is 485 g/mol. The number of nitrogens with one attached hydrogen (secondary N) is 1. The summed E-state index contributed by atoms with van der Waals surface area (Å²) in [5, 5.41) is 14.8. The molecule has 2 heterocycles. The van der Waals surface area contributed by atoms with Crippen LogP contribution in [0, 0.1) is 11.7 Å². The number of H-pyrrole nitrogens is 1. The largest absolute Gasteiger partial charge is 0.473 e. The fourth-order valence-electron chi connectivity index (χ4n) is 3.52. The zero-order chi connectivity index (χ0) is 23.3. The number of halogens is 2. The molecule has 2 atom stereocenters. The molecule has 0 bridgehead atoms. The molecular formula is C22H23BrFN3O5. The van der Waals surface area contributed by atoms with Gasteiger partial charge in [-0.3, -0.25) is 0 Å². The number of fused-ring (bicyclic) bond motifs is 1. The first-order valence-electron chi connectivity index (χ1n) is 9.90. The number of aliphatic carboxylic acids is 2. The van der Waals surface area contributed by atoms with Crippen molar-refractivity contribution in [3.05, 3.63) is 64.1 Å². The van der Waals surface area contributed by atoms with Crippen molar-refractivity contribution < 1.29 is 28.9 Å². The van der Waals surface area contributed by atoms with Crippen LogP contribution in [-0.2, 0) is 14.3 Å². The van der Waals surface area contributed by atoms with Crippen LogP contribution in [0.25, 0.3) is 11.0 Å². The average Bonchev–Trinajstić information content (AvgIpc) is 3.34. The number of carboxylic acids is 2. The van der Waals surface area contributed by atoms with Crippen molar-refractivity contribution in [3.8, 4) is 0 Å². The second-order valence-electron chi connectivity index (χ2n) is 7.58. The molecule has 170 valence electrons. The third-order valence-corrected chi connectivity index (χ3v) is 5.53. The van der Waals surface area contributed by atoms with Crippen LogP contribution < -0.4 is 0 Å². The molecule has 10 heteroatoms. The summed E-state index contributed by atoms with van der Waals surface area (Å²) in [4.78, 5) is 28.4. The minimum absolute atomic E-state index is 0.276. The minimum Gasteiger partial charge on any atom is -0.473 e. The Labute approximate surface area is 192 Å². The number of aromatic amines is 1. The number of hydrogen-bond acceptors (Lipinski definition) is 5. The SMILES string of the molecule is CN1CCC(COC(c2cccc(Br)c2)c2nc3ccc(F)cc3[nH]2)C1.O=C(O)C(=O)O. The monoisotopic (exact) mass is 507 g/mol. The number of benzene rings is 2. The number of likely N-dealkylation sites (tertiary alicyclic amines) is 1. The van der Waals surface area contributed by atoms with Crippen molar-refractivity contribution in [2.24, 2.45) is 5.92 Å². The van der Waals surface area contributed by atoms with Gasteiger partial charge in [0.1, 0.15) is 17.7 Å². The number of hydrogen-bond donors (Lipinski definition) is 3. The summed E-state index contributed by atoms with van der Waals surface area (Å²) in [5.41, 5.74) is 2.44. The van der Waals surface area contributed by atoms with E-state index in [9.17, 15) is 4.39 Å². The first-order valence-corrected chi connectivity index (χ1v) is 10.7. The Balaban J connectivity index is 0.000000427. The first-order chi connectivity index (χ1) is 15.2. The lowest BCUT2D eigenvalue weighted by atomic mass is 10.1. The maximum atomic E-state index is 13.5. The van der Waals surface area contributed by atoms with Crippen LogP contribution in [-0.4, -0.2) is 63.8 Å². The van der Waals surface area contributed by atoms with E-state index in [1.54, 1.807) is 6.07 Å². The molecule has 0 aliphatic carbocycles. The zero-order valence-corrected chi connectivity index (χ0v) is 18.9. The first kappa shape index (κ1) is 23.8. The van der Waals surface area contributed by atoms with Gasteiger partial charge in [-0.1, -0.05) is 28.1 Å². The maximum Gasteiger partial charge on any atom is 0.414 e. The Morgan fingerprint density at radius 1 is 1.28 bits per heavy atom. The molecule has 1 fully saturated rings. The van der Waals surface area contributed by atoms with Gasteiger partial charge in [0.25, 0.3) is 0 Å². The van der Waals surface area contributed by atoms with E-state index in [1.807, 2.05) is 24.3 Å². The van der Waals surface area contributed by atoms with Gasteiger partial charge in [-0.2, -0.15) is 0 Å². The van der Waals surface area contributed by atoms with Gasteiger partial charge >= 0.3 is 11.9 Å². The summed E-state index contributed by atoms with van der Waals surface area (Å²) in [7, 11) is 2.14. The highest BCUT2D eigenvalue weighted by atomic mass is 79.9. The predicted octanol–water partition coefficient (Wildman–Crippen LogP) is 3.68. The number of aromatic nitrogens is 2. The van der Waals surface area contributed by atoms with Crippen molar-refractivity contribution in [2.75, 3.05) is 26.7 Å². The van der Waals surface area contributed by atoms with Crippen LogP contribution in [0.4, 0.5) is 4.39 Å². The highest BCUT2D eigenvalue weighted by Gasteiger charge is 2.24. The summed E-state index contributed by atoms with van der Waals surface area (Å²) in [6.45, 7) is 2.84. The predicted molar refractivity (Wildman–Crippen MR) is 119 cm³/mol. The molecule has 3 N–H and O–H groups in total. The summed E-state index contributed by atoms with van der Waals surface area (Å²) in [5.74, 6) is -2.70. The van der Waals surface area contributed by atoms with Crippen molar-refractivity contribution in [3.63, 3.8) is 0 Å². The zero-order valence-electron chi connectivity index (χ0n) is 17.3. The van der Waals surface area contributed by atoms with E-state index >= 15 is 0 Å². The van der Waals surface area contributed by atoms with E-state index in [0.29, 0.717) is 23.9 Å². The quantitative estimate of drug-likeness (QED) is 0.451. The van der Waals surface area contributed by atoms with Gasteiger partial charge in [-0.25, -0.2) is 19.0 Å². The van der Waals surface area contributed by atoms with Crippen LogP contribution in [0.15, 0.2) is 46.9 Å². The molecule has 2 aromatic carbocycles. The van der Waals surface area contributed by atoms with Crippen LogP contribution in [0.2, 0.25) is 0 Å². The second kappa shape index (κ2) is 10.7. The molecule has 1 saturated heterocycles. The van der Waals surface area contributed by atoms with Crippen LogP contribution in [0.1, 0.15) is 23.9 Å². The fraction of sp³-hybridized carbons (Fsp3) is 0.318. The van der Waals surface area contributed by atoms with Gasteiger partial charge in [-0.05, 0) is 61.8 Å². The van der Waals surface area contributed by atoms with Gasteiger partial charge in [0, 0.05) is 11.0 Å². The van der Waals surface area contributed by atoms with Gasteiger partial charge in [0.15, 0.2) is 0 Å². The molecule has 1 aromatic heterocycles. The molecule has 32 heavy (non-hydrogen) atoms. The molecule has 0 radical (unpaired) electrons. The van der Waals surface area contributed by atoms with E-state index in [-0.39, 0.29) is 11.9 Å². The van der Waals surface area contributed by atoms with Crippen LogP contribution in [0.5, 0.6) is 0 Å². The fourth-order valence-corrected chi connectivity index (χ4v) is 3.94. The van der Waals surface area contributed by atoms with E-state index in [0.717, 1.165) is 35.1 Å². The third-order valence-electron chi connectivity index (χ3n) is 5.03. The van der Waals surface area contributed by atoms with Gasteiger partial charge in [-0.15, -0.1) is 0 Å². The van der Waals surface area contributed by atoms with E-state index in [2.05, 4.69) is 37.8 Å². The lowest BCUT2D eigenvalue weighted by molar-refractivity contribution is -0.159. The Morgan fingerprint density at radius 3 is 2.66 bits per heavy atom. The number of rotatable bonds is 5. The lowest BCUT2D eigenvalue weighted by Gasteiger charge is -2.19. The highest BCUT2D eigenvalue weighted by molar-refractivity contribution is 9.10. The Kier molecular flexibility index (Phi) is 7.94. The standard InChI is InChI=1S/C20H21BrFN3O.C2H2O4/c1-25-8-7-13(11-25)12-26-19(14-3-2-4-15(21)9-14)20-23-17-6-5-16(22)10-18(17)24-20;3-1(4)2(5)6/h2-6,9-10,13,19H,7-8,11-12H2,1H3,(H,23,24);(H,3,4)(H,5,6). The molecule has 0 saturated carbocycles. The maximum absolute atomic E-state index is 13.5. The second-order valence-corrected chi connectivity index (χ2v) is 8.49. The summed E-state index contributed by atoms with van der Waals surface area (Å²) in [6, 6.07) is 12.6. The number of nitrogens with zero attached hydrogens (tertiary/aromatic N) is 2. The number of imidazole rings is 1. The minimum atomic E-state index is -1.82. The molecule has 0 amide bonds. The van der Waals surface area contributed by atoms with Gasteiger partial charge < -0.3 is 24.8 Å². The highest BCUT2D eigenvalue weighted by Crippen LogP contribution is 2.29. The molecule has 3 aromatic rings. The normalized spacial score (nSPS) is 17.0. The van der Waals surface area contributed by atoms with Crippen molar-refractivity contribution >= 4 is 38.9 Å². The van der Waals surface area contributed by atoms with Gasteiger partial charge in [0.2, 0.25) is 0 Å². The Hall–Kier alpha value is -2.82. The number of carbonyl (C=O) groups is 2. The molecule has 0 spiro atoms. The topological polar surface area (TPSA) is 116 Å². The number of carboxylic acid groups (broad SMARTS) is 2. The van der Waals surface area contributed by atoms with Crippen molar-refractivity contribution in [2.45, 2.75) is 12.5 Å². The molecule has 2 unspecified atom stereocenters. The average molecular weight is 508 g/mol. The van der Waals surface area contributed by atoms with Crippen molar-refractivity contribution in [1.29, 1.82) is 0 Å². The molecule has 4 rings (SSSR count). The third kappa shape index (κ3) is 6.35. The summed E-state index contributed by atoms with van der Waals surface area (Å²) < 4.78 is 20.8. The molecule has 1 aliphatic heterocycles. The van der Waals surface area contributed by atoms with Crippen molar-refractivity contribution in [1.82, 2.24) is 14.9 Å². The van der Waals surface area contributed by atoms with Gasteiger partial charge in [0.05, 0.1) is 17.6 Å². The number of ether oxygens (including phenoxy) is 1. The lowest BCUT2D eigenvalue weighted by Crippen LogP contribution is -2.19. The van der Waals surface area contributed by atoms with E-state index < -0.39 is 11.9 Å². The van der Waals surface area contributed by atoms with E-state index in [1.165, 1.54) is 12.1 Å². The molecule has 1 aliphatic rings. The summed E-state index contributed by atoms with van der Waals surface area (Å²) >= 11 is 3.53. The molecule has 8 nitrogen and oxygen atoms in total. The Morgan fingerprint density at radius 2 is 2.03 bits per heavy atom. The summed E-state index contributed by atoms with van der Waals surface area (Å²) in [6.07, 6.45) is 0.835. The van der Waals surface area contributed by atoms with Crippen LogP contribution >= 0.6 is 15.9 Å². The van der Waals surface area contributed by atoms with E-state index in [4.69, 9.17) is 24.5 Å². The Bertz CT molecular complexity index is 1090. The van der Waals surface area contributed by atoms with Crippen LogP contribution in [0.3, 0.4) is 0 Å². The smallest absolute Gasteiger partial charge is 0.414 e.